The van der Waals surface area contributed by atoms with Crippen molar-refractivity contribution in [3.63, 3.8) is 0 Å². The predicted octanol–water partition coefficient (Wildman–Crippen LogP) is 2.26. The maximum absolute atomic E-state index is 5.83. The van der Waals surface area contributed by atoms with Crippen LogP contribution in [0.5, 0.6) is 11.6 Å². The van der Waals surface area contributed by atoms with E-state index in [2.05, 4.69) is 22.3 Å². The van der Waals surface area contributed by atoms with Crippen LogP contribution >= 0.6 is 0 Å². The van der Waals surface area contributed by atoms with Gasteiger partial charge in [-0.25, -0.2) is 10.8 Å². The summed E-state index contributed by atoms with van der Waals surface area (Å²) in [7, 11) is 1.58. The smallest absolute Gasteiger partial charge is 0.224 e. The molecule has 1 aromatic heterocycles. The Balaban J connectivity index is 2.30. The van der Waals surface area contributed by atoms with Gasteiger partial charge in [0.25, 0.3) is 0 Å². The molecule has 0 amide bonds. The number of hydrogen-bond acceptors (Lipinski definition) is 6. The zero-order valence-corrected chi connectivity index (χ0v) is 11.6. The van der Waals surface area contributed by atoms with Gasteiger partial charge in [-0.15, -0.1) is 0 Å². The second kappa shape index (κ2) is 6.83. The topological polar surface area (TPSA) is 82.3 Å². The Kier molecular flexibility index (Phi) is 4.86. The average Bonchev–Trinajstić information content (AvgIpc) is 2.48. The van der Waals surface area contributed by atoms with Gasteiger partial charge in [0.2, 0.25) is 5.88 Å². The molecule has 0 spiro atoms. The van der Waals surface area contributed by atoms with Crippen molar-refractivity contribution >= 4 is 5.82 Å². The van der Waals surface area contributed by atoms with Crippen LogP contribution in [0.25, 0.3) is 0 Å². The third kappa shape index (κ3) is 3.43. The number of hydrazine groups is 1. The van der Waals surface area contributed by atoms with Crippen LogP contribution in [0.15, 0.2) is 30.3 Å². The van der Waals surface area contributed by atoms with E-state index in [-0.39, 0.29) is 0 Å². The number of hydrogen-bond donors (Lipinski definition) is 2. The summed E-state index contributed by atoms with van der Waals surface area (Å²) in [5.74, 6) is 7.59. The molecule has 0 aliphatic carbocycles. The van der Waals surface area contributed by atoms with Crippen LogP contribution in [-0.4, -0.2) is 17.1 Å². The van der Waals surface area contributed by atoms with Crippen molar-refractivity contribution < 1.29 is 9.47 Å². The van der Waals surface area contributed by atoms with E-state index in [0.717, 1.165) is 17.7 Å². The van der Waals surface area contributed by atoms with Gasteiger partial charge in [-0.2, -0.15) is 4.98 Å². The van der Waals surface area contributed by atoms with E-state index >= 15 is 0 Å². The molecule has 0 bridgehead atoms. The number of aryl methyl sites for hydroxylation is 1. The second-order valence-corrected chi connectivity index (χ2v) is 4.15. The van der Waals surface area contributed by atoms with Gasteiger partial charge in [-0.05, 0) is 18.1 Å². The van der Waals surface area contributed by atoms with Gasteiger partial charge in [-0.1, -0.05) is 25.1 Å². The largest absolute Gasteiger partial charge is 0.439 e. The van der Waals surface area contributed by atoms with Gasteiger partial charge in [0.15, 0.2) is 5.82 Å². The molecule has 0 fully saturated rings. The van der Waals surface area contributed by atoms with E-state index in [0.29, 0.717) is 24.1 Å². The second-order valence-electron chi connectivity index (χ2n) is 4.15. The van der Waals surface area contributed by atoms with Crippen molar-refractivity contribution in [1.29, 1.82) is 0 Å². The molecular weight excluding hydrogens is 256 g/mol. The minimum atomic E-state index is 0.293. The normalized spacial score (nSPS) is 10.3. The van der Waals surface area contributed by atoms with Crippen molar-refractivity contribution in [3.8, 4) is 11.6 Å². The number of methoxy groups -OCH3 is 1. The summed E-state index contributed by atoms with van der Waals surface area (Å²) in [4.78, 5) is 8.46. The van der Waals surface area contributed by atoms with E-state index in [1.807, 2.05) is 24.3 Å². The third-order valence-electron chi connectivity index (χ3n) is 2.74. The Morgan fingerprint density at radius 1 is 1.25 bits per heavy atom. The van der Waals surface area contributed by atoms with Crippen LogP contribution in [-0.2, 0) is 17.8 Å². The third-order valence-corrected chi connectivity index (χ3v) is 2.74. The zero-order chi connectivity index (χ0) is 14.4. The van der Waals surface area contributed by atoms with Crippen LogP contribution in [0, 0.1) is 0 Å². The van der Waals surface area contributed by atoms with Gasteiger partial charge < -0.3 is 14.9 Å². The maximum atomic E-state index is 5.83. The molecule has 0 aliphatic rings. The van der Waals surface area contributed by atoms with Gasteiger partial charge in [0, 0.05) is 13.2 Å². The molecule has 6 heteroatoms. The first-order valence-electron chi connectivity index (χ1n) is 6.36. The van der Waals surface area contributed by atoms with Gasteiger partial charge >= 0.3 is 0 Å². The first kappa shape index (κ1) is 14.2. The van der Waals surface area contributed by atoms with E-state index in [9.17, 15) is 0 Å². The number of para-hydroxylation sites is 1. The van der Waals surface area contributed by atoms with Crippen LogP contribution < -0.4 is 16.0 Å². The summed E-state index contributed by atoms with van der Waals surface area (Å²) in [5.41, 5.74) is 3.61. The van der Waals surface area contributed by atoms with Crippen LogP contribution in [0.2, 0.25) is 0 Å². The molecule has 106 valence electrons. The lowest BCUT2D eigenvalue weighted by Crippen LogP contribution is -2.11. The Morgan fingerprint density at radius 2 is 2.05 bits per heavy atom. The summed E-state index contributed by atoms with van der Waals surface area (Å²) in [6.07, 6.45) is 0.883. The zero-order valence-electron chi connectivity index (χ0n) is 11.6. The molecule has 2 rings (SSSR count). The Bertz CT molecular complexity index is 575. The molecule has 2 aromatic rings. The summed E-state index contributed by atoms with van der Waals surface area (Å²) >= 11 is 0. The molecule has 1 heterocycles. The highest BCUT2D eigenvalue weighted by molar-refractivity contribution is 5.41. The number of nitrogens with zero attached hydrogens (tertiary/aromatic N) is 2. The standard InChI is InChI=1S/C14H18N4O2/c1-3-10-6-4-5-7-11(10)20-14-8-12(18-15)16-13(17-14)9-19-2/h4-8H,3,9,15H2,1-2H3,(H,16,17,18). The molecule has 6 nitrogen and oxygen atoms in total. The number of anilines is 1. The van der Waals surface area contributed by atoms with Crippen molar-refractivity contribution in [2.75, 3.05) is 12.5 Å². The quantitative estimate of drug-likeness (QED) is 0.621. The number of ether oxygens (including phenoxy) is 2. The van der Waals surface area contributed by atoms with Crippen LogP contribution in [0.3, 0.4) is 0 Å². The summed E-state index contributed by atoms with van der Waals surface area (Å²) in [6.45, 7) is 2.37. The van der Waals surface area contributed by atoms with E-state index in [1.54, 1.807) is 13.2 Å². The highest BCUT2D eigenvalue weighted by atomic mass is 16.5. The van der Waals surface area contributed by atoms with Crippen molar-refractivity contribution in [1.82, 2.24) is 9.97 Å². The van der Waals surface area contributed by atoms with E-state index in [4.69, 9.17) is 15.3 Å². The monoisotopic (exact) mass is 274 g/mol. The first-order chi connectivity index (χ1) is 9.76. The fraction of sp³-hybridized carbons (Fsp3) is 0.286. The van der Waals surface area contributed by atoms with Crippen LogP contribution in [0.1, 0.15) is 18.3 Å². The lowest BCUT2D eigenvalue weighted by atomic mass is 10.1. The number of aromatic nitrogens is 2. The SMILES string of the molecule is CCc1ccccc1Oc1cc(NN)nc(COC)n1. The highest BCUT2D eigenvalue weighted by Gasteiger charge is 2.08. The molecule has 0 unspecified atom stereocenters. The maximum Gasteiger partial charge on any atom is 0.224 e. The summed E-state index contributed by atoms with van der Waals surface area (Å²) < 4.78 is 10.9. The van der Waals surface area contributed by atoms with E-state index in [1.165, 1.54) is 0 Å². The average molecular weight is 274 g/mol. The van der Waals surface area contributed by atoms with Gasteiger partial charge in [0.05, 0.1) is 0 Å². The minimum absolute atomic E-state index is 0.293. The molecule has 20 heavy (non-hydrogen) atoms. The van der Waals surface area contributed by atoms with Gasteiger partial charge in [-0.3, -0.25) is 0 Å². The number of nitrogen functional groups attached to an aromatic ring is 1. The molecule has 1 aromatic carbocycles. The molecule has 0 radical (unpaired) electrons. The number of benzene rings is 1. The Hall–Kier alpha value is -2.18. The Labute approximate surface area is 117 Å². The minimum Gasteiger partial charge on any atom is -0.439 e. The van der Waals surface area contributed by atoms with Crippen molar-refractivity contribution in [2.45, 2.75) is 20.0 Å². The molecular formula is C14H18N4O2. The highest BCUT2D eigenvalue weighted by Crippen LogP contribution is 2.25. The molecule has 0 saturated carbocycles. The lowest BCUT2D eigenvalue weighted by Gasteiger charge is -2.11. The Morgan fingerprint density at radius 3 is 2.75 bits per heavy atom. The van der Waals surface area contributed by atoms with Crippen molar-refractivity contribution in [2.24, 2.45) is 5.84 Å². The number of rotatable bonds is 6. The predicted molar refractivity (Wildman–Crippen MR) is 76.4 cm³/mol. The lowest BCUT2D eigenvalue weighted by molar-refractivity contribution is 0.177. The summed E-state index contributed by atoms with van der Waals surface area (Å²) in [6, 6.07) is 9.48. The van der Waals surface area contributed by atoms with Gasteiger partial charge in [0.1, 0.15) is 18.2 Å². The van der Waals surface area contributed by atoms with Crippen LogP contribution in [0.4, 0.5) is 5.82 Å². The molecule has 0 saturated heterocycles. The number of nitrogens with two attached hydrogens (primary N) is 1. The van der Waals surface area contributed by atoms with Crippen molar-refractivity contribution in [3.05, 3.63) is 41.7 Å². The first-order valence-corrected chi connectivity index (χ1v) is 6.36. The number of nitrogens with one attached hydrogen (secondary N) is 1. The fourth-order valence-corrected chi connectivity index (χ4v) is 1.80. The molecule has 0 atom stereocenters. The molecule has 3 N–H and O–H groups in total. The fourth-order valence-electron chi connectivity index (χ4n) is 1.80. The molecule has 0 aliphatic heterocycles. The van der Waals surface area contributed by atoms with E-state index < -0.39 is 0 Å². The summed E-state index contributed by atoms with van der Waals surface area (Å²) in [5, 5.41) is 0.